The first-order valence-electron chi connectivity index (χ1n) is 7.46. The maximum atomic E-state index is 12.7. The normalized spacial score (nSPS) is 26.1. The van der Waals surface area contributed by atoms with Crippen LogP contribution in [0.1, 0.15) is 48.9 Å². The van der Waals surface area contributed by atoms with Crippen LogP contribution in [0.25, 0.3) is 0 Å². The van der Waals surface area contributed by atoms with Crippen LogP contribution in [0.3, 0.4) is 0 Å². The smallest absolute Gasteiger partial charge is 0.257 e. The van der Waals surface area contributed by atoms with Crippen LogP contribution in [0.2, 0.25) is 5.02 Å². The second-order valence-corrected chi connectivity index (χ2v) is 6.35. The van der Waals surface area contributed by atoms with Gasteiger partial charge in [0.25, 0.3) is 5.91 Å². The standard InChI is InChI=1S/C16H20ClNO2/c17-12-7-8-15(19)13(10-12)16(20)18-9-3-5-11-4-1-2-6-14(11)18/h7-8,10-11,14,19H,1-6,9H2. The highest BCUT2D eigenvalue weighted by atomic mass is 35.5. The van der Waals surface area contributed by atoms with E-state index in [1.54, 1.807) is 12.1 Å². The van der Waals surface area contributed by atoms with Crippen LogP contribution < -0.4 is 0 Å². The van der Waals surface area contributed by atoms with E-state index in [0.29, 0.717) is 22.5 Å². The summed E-state index contributed by atoms with van der Waals surface area (Å²) in [6.45, 7) is 0.798. The Morgan fingerprint density at radius 1 is 1.20 bits per heavy atom. The second kappa shape index (κ2) is 5.65. The predicted octanol–water partition coefficient (Wildman–Crippen LogP) is 3.84. The fourth-order valence-electron chi connectivity index (χ4n) is 3.71. The molecule has 1 aromatic carbocycles. The van der Waals surface area contributed by atoms with Crippen LogP contribution in [0.15, 0.2) is 18.2 Å². The maximum Gasteiger partial charge on any atom is 0.257 e. The molecule has 20 heavy (non-hydrogen) atoms. The first-order chi connectivity index (χ1) is 9.66. The van der Waals surface area contributed by atoms with Gasteiger partial charge in [-0.05, 0) is 49.8 Å². The predicted molar refractivity (Wildman–Crippen MR) is 79.1 cm³/mol. The SMILES string of the molecule is O=C(c1cc(Cl)ccc1O)N1CCCC2CCCCC21. The maximum absolute atomic E-state index is 12.7. The highest BCUT2D eigenvalue weighted by Crippen LogP contribution is 2.36. The van der Waals surface area contributed by atoms with Gasteiger partial charge in [0, 0.05) is 17.6 Å². The number of phenolic OH excluding ortho intramolecular Hbond substituents is 1. The number of rotatable bonds is 1. The Bertz CT molecular complexity index is 515. The van der Waals surface area contributed by atoms with E-state index in [9.17, 15) is 9.90 Å². The van der Waals surface area contributed by atoms with Crippen molar-refractivity contribution in [3.05, 3.63) is 28.8 Å². The molecule has 3 rings (SSSR count). The zero-order valence-corrected chi connectivity index (χ0v) is 12.3. The van der Waals surface area contributed by atoms with Gasteiger partial charge >= 0.3 is 0 Å². The Kier molecular flexibility index (Phi) is 3.88. The minimum absolute atomic E-state index is 0.0253. The summed E-state index contributed by atoms with van der Waals surface area (Å²) in [5.74, 6) is 0.599. The molecule has 1 saturated carbocycles. The van der Waals surface area contributed by atoms with Gasteiger partial charge in [-0.1, -0.05) is 24.4 Å². The largest absolute Gasteiger partial charge is 0.507 e. The lowest BCUT2D eigenvalue weighted by Gasteiger charge is -2.44. The number of likely N-dealkylation sites (tertiary alicyclic amines) is 1. The minimum Gasteiger partial charge on any atom is -0.507 e. The topological polar surface area (TPSA) is 40.5 Å². The average Bonchev–Trinajstić information content (AvgIpc) is 2.48. The van der Waals surface area contributed by atoms with Gasteiger partial charge in [-0.15, -0.1) is 0 Å². The van der Waals surface area contributed by atoms with Crippen molar-refractivity contribution in [2.75, 3.05) is 6.54 Å². The molecular weight excluding hydrogens is 274 g/mol. The quantitative estimate of drug-likeness (QED) is 0.854. The van der Waals surface area contributed by atoms with Crippen molar-refractivity contribution in [3.8, 4) is 5.75 Å². The third kappa shape index (κ3) is 2.51. The van der Waals surface area contributed by atoms with Gasteiger partial charge in [-0.2, -0.15) is 0 Å². The molecule has 4 heteroatoms. The molecule has 1 amide bonds. The van der Waals surface area contributed by atoms with E-state index >= 15 is 0 Å². The van der Waals surface area contributed by atoms with Gasteiger partial charge in [-0.25, -0.2) is 0 Å². The molecule has 1 aliphatic carbocycles. The van der Waals surface area contributed by atoms with Crippen molar-refractivity contribution in [3.63, 3.8) is 0 Å². The summed E-state index contributed by atoms with van der Waals surface area (Å²) in [6, 6.07) is 5.03. The summed E-state index contributed by atoms with van der Waals surface area (Å²) in [4.78, 5) is 14.7. The molecule has 1 aliphatic heterocycles. The first-order valence-corrected chi connectivity index (χ1v) is 7.84. The van der Waals surface area contributed by atoms with Gasteiger partial charge in [0.05, 0.1) is 5.56 Å². The monoisotopic (exact) mass is 293 g/mol. The molecule has 2 fully saturated rings. The highest BCUT2D eigenvalue weighted by molar-refractivity contribution is 6.31. The average molecular weight is 294 g/mol. The van der Waals surface area contributed by atoms with E-state index < -0.39 is 0 Å². The number of carbonyl (C=O) groups excluding carboxylic acids is 1. The van der Waals surface area contributed by atoms with Crippen LogP contribution in [0.4, 0.5) is 0 Å². The van der Waals surface area contributed by atoms with Gasteiger partial charge < -0.3 is 10.0 Å². The van der Waals surface area contributed by atoms with Gasteiger partial charge in [0.2, 0.25) is 0 Å². The number of aromatic hydroxyl groups is 1. The van der Waals surface area contributed by atoms with Crippen molar-refractivity contribution in [2.45, 2.75) is 44.6 Å². The minimum atomic E-state index is -0.0680. The number of fused-ring (bicyclic) bond motifs is 1. The summed E-state index contributed by atoms with van der Waals surface area (Å²) in [7, 11) is 0. The van der Waals surface area contributed by atoms with Crippen molar-refractivity contribution in [1.29, 1.82) is 0 Å². The van der Waals surface area contributed by atoms with Crippen molar-refractivity contribution in [2.24, 2.45) is 5.92 Å². The highest BCUT2D eigenvalue weighted by Gasteiger charge is 2.36. The summed E-state index contributed by atoms with van der Waals surface area (Å²) in [5.41, 5.74) is 0.337. The molecule has 108 valence electrons. The van der Waals surface area contributed by atoms with E-state index in [2.05, 4.69) is 0 Å². The van der Waals surface area contributed by atoms with Crippen LogP contribution >= 0.6 is 11.6 Å². The third-order valence-electron chi connectivity index (χ3n) is 4.69. The molecule has 2 unspecified atom stereocenters. The molecule has 1 aromatic rings. The molecule has 1 saturated heterocycles. The number of carbonyl (C=O) groups is 1. The van der Waals surface area contributed by atoms with Crippen molar-refractivity contribution in [1.82, 2.24) is 4.90 Å². The molecule has 2 atom stereocenters. The molecule has 1 N–H and O–H groups in total. The second-order valence-electron chi connectivity index (χ2n) is 5.91. The first kappa shape index (κ1) is 13.7. The van der Waals surface area contributed by atoms with E-state index in [1.165, 1.54) is 31.7 Å². The fraction of sp³-hybridized carbons (Fsp3) is 0.562. The molecule has 0 bridgehead atoms. The number of hydrogen-bond donors (Lipinski definition) is 1. The summed E-state index contributed by atoms with van der Waals surface area (Å²) in [6.07, 6.45) is 7.11. The van der Waals surface area contributed by atoms with E-state index in [0.717, 1.165) is 19.4 Å². The molecule has 3 nitrogen and oxygen atoms in total. The van der Waals surface area contributed by atoms with Crippen LogP contribution in [0.5, 0.6) is 5.75 Å². The number of benzene rings is 1. The molecule has 0 radical (unpaired) electrons. The lowest BCUT2D eigenvalue weighted by Crippen LogP contribution is -2.49. The van der Waals surface area contributed by atoms with Gasteiger partial charge in [0.15, 0.2) is 0 Å². The number of nitrogens with zero attached hydrogens (tertiary/aromatic N) is 1. The van der Waals surface area contributed by atoms with Crippen LogP contribution in [0, 0.1) is 5.92 Å². The summed E-state index contributed by atoms with van der Waals surface area (Å²) in [5, 5.41) is 10.4. The van der Waals surface area contributed by atoms with Gasteiger partial charge in [0.1, 0.15) is 5.75 Å². The summed E-state index contributed by atoms with van der Waals surface area (Å²) >= 11 is 5.96. The molecule has 0 aromatic heterocycles. The van der Waals surface area contributed by atoms with E-state index in [-0.39, 0.29) is 11.7 Å². The Hall–Kier alpha value is -1.22. The number of amides is 1. The molecule has 0 spiro atoms. The Balaban J connectivity index is 1.87. The number of phenols is 1. The molecular formula is C16H20ClNO2. The third-order valence-corrected chi connectivity index (χ3v) is 4.93. The van der Waals surface area contributed by atoms with Crippen molar-refractivity contribution >= 4 is 17.5 Å². The lowest BCUT2D eigenvalue weighted by atomic mass is 9.78. The number of halogens is 1. The van der Waals surface area contributed by atoms with Crippen molar-refractivity contribution < 1.29 is 9.90 Å². The Morgan fingerprint density at radius 3 is 2.80 bits per heavy atom. The Morgan fingerprint density at radius 2 is 1.95 bits per heavy atom. The molecule has 2 aliphatic rings. The van der Waals surface area contributed by atoms with Crippen LogP contribution in [-0.2, 0) is 0 Å². The lowest BCUT2D eigenvalue weighted by molar-refractivity contribution is 0.0388. The Labute approximate surface area is 124 Å². The van der Waals surface area contributed by atoms with E-state index in [1.807, 2.05) is 4.90 Å². The molecule has 1 heterocycles. The van der Waals surface area contributed by atoms with Crippen LogP contribution in [-0.4, -0.2) is 28.5 Å². The zero-order chi connectivity index (χ0) is 14.1. The zero-order valence-electron chi connectivity index (χ0n) is 11.5. The fourth-order valence-corrected chi connectivity index (χ4v) is 3.88. The van der Waals surface area contributed by atoms with E-state index in [4.69, 9.17) is 11.6 Å². The number of hydrogen-bond acceptors (Lipinski definition) is 2. The van der Waals surface area contributed by atoms with Gasteiger partial charge in [-0.3, -0.25) is 4.79 Å². The summed E-state index contributed by atoms with van der Waals surface area (Å²) < 4.78 is 0. The number of piperidine rings is 1.